The molecule has 11 amide bonds. The standard InChI is InChI=1S/C78H105ClN18O13/c1-7-96(8-2)78(83)85-34-14-13-21-58(68(102)91-60(37-45(3)4)69(103)90-59(22-15-35-84-77(81)82)76(110)97-36-16-23-66(97)75(109)87-46(5)67(80)101)89-71(105)62(40-49-27-32-55(100)33-28-49)93-74(108)65(44-98)95-73(107)64(42-53-43-86-57-20-12-11-19-56(53)57)94-72(106)63(39-48-25-30-54(79)31-26-48)92-70(104)61(88-47(6)99)41-50-24-29-51-17-9-10-18-52(51)38-50/h9-12,17-20,24-33,38,43,45-46,58-66,86,98,100H,7-8,13-16,21-23,34-37,39-42,44H2,1-6H3,(H2,80,101)(H2,83,85)(H,87,109)(H,88,99)(H,89,105)(H,90,103)(H,91,102)(H,92,104)(H,93,108)(H,94,106)(H,95,107)(H4,81,82,84)/t46-,58-,59+,60+,61-,62+,63-,64-,65+,66+/m1/s1. The molecule has 110 heavy (non-hydrogen) atoms. The predicted molar refractivity (Wildman–Crippen MR) is 417 cm³/mol. The molecular formula is C78H105ClN18O13. The number of halogens is 1. The maximum atomic E-state index is 15.2. The third kappa shape index (κ3) is 26.2. The zero-order valence-corrected chi connectivity index (χ0v) is 63.7. The Labute approximate surface area is 644 Å². The van der Waals surface area contributed by atoms with Crippen molar-refractivity contribution in [1.29, 1.82) is 10.8 Å². The number of amides is 11. The van der Waals surface area contributed by atoms with Crippen LogP contribution in [-0.4, -0.2) is 202 Å². The second-order valence-electron chi connectivity index (χ2n) is 27.9. The van der Waals surface area contributed by atoms with Crippen molar-refractivity contribution in [3.05, 3.63) is 149 Å². The highest BCUT2D eigenvalue weighted by Crippen LogP contribution is 2.24. The number of nitrogens with two attached hydrogens (primary N) is 2. The normalized spacial score (nSPS) is 15.0. The first kappa shape index (κ1) is 85.9. The Hall–Kier alpha value is -11.3. The minimum Gasteiger partial charge on any atom is -0.508 e. The average molecular weight is 1540 g/mol. The number of guanidine groups is 2. The van der Waals surface area contributed by atoms with E-state index in [0.29, 0.717) is 64.1 Å². The quantitative estimate of drug-likeness (QED) is 0.0149. The van der Waals surface area contributed by atoms with E-state index in [4.69, 9.17) is 33.9 Å². The molecule has 0 unspecified atom stereocenters. The molecule has 0 saturated carbocycles. The van der Waals surface area contributed by atoms with Crippen LogP contribution in [0.25, 0.3) is 21.7 Å². The molecule has 5 aromatic carbocycles. The second-order valence-corrected chi connectivity index (χ2v) is 28.3. The van der Waals surface area contributed by atoms with Crippen LogP contribution >= 0.6 is 11.6 Å². The Kier molecular flexibility index (Phi) is 33.1. The number of aromatic nitrogens is 1. The number of nitrogens with one attached hydrogen (secondary N) is 14. The Bertz CT molecular complexity index is 4190. The Morgan fingerprint density at radius 1 is 0.573 bits per heavy atom. The van der Waals surface area contributed by atoms with Crippen molar-refractivity contribution in [1.82, 2.24) is 73.3 Å². The number of para-hydroxylation sites is 1. The summed E-state index contributed by atoms with van der Waals surface area (Å²) >= 11 is 6.28. The van der Waals surface area contributed by atoms with E-state index in [-0.39, 0.29) is 107 Å². The largest absolute Gasteiger partial charge is 0.508 e. The van der Waals surface area contributed by atoms with Gasteiger partial charge in [-0.2, -0.15) is 0 Å². The number of aliphatic hydroxyl groups excluding tert-OH is 1. The highest BCUT2D eigenvalue weighted by atomic mass is 35.5. The van der Waals surface area contributed by atoms with Crippen LogP contribution in [0, 0.1) is 16.7 Å². The SMILES string of the molecule is CCN(CC)C(=N)NCCCC[C@@H](NC(=O)[C@H](Cc1ccc(O)cc1)NC(=O)[C@H](CO)NC(=O)[C@@H](Cc1c[nH]c2ccccc12)NC(=O)[C@@H](Cc1ccc(Cl)cc1)NC(=O)[C@@H](Cc1ccc2ccccc2c1)NC(C)=O)C(=O)N[C@@H](CC(C)C)C(=O)N[C@@H](CCCNC(=N)N)C(=O)N1CCC[C@H]1C(=O)N[C@H](C)C(N)=O. The van der Waals surface area contributed by atoms with Gasteiger partial charge in [-0.05, 0) is 141 Å². The van der Waals surface area contributed by atoms with Gasteiger partial charge in [0.15, 0.2) is 11.9 Å². The van der Waals surface area contributed by atoms with Gasteiger partial charge in [-0.15, -0.1) is 0 Å². The van der Waals surface area contributed by atoms with Gasteiger partial charge in [-0.1, -0.05) is 110 Å². The van der Waals surface area contributed by atoms with Gasteiger partial charge in [-0.25, -0.2) is 0 Å². The average Bonchev–Trinajstić information content (AvgIpc) is 1.64. The van der Waals surface area contributed by atoms with E-state index in [9.17, 15) is 43.8 Å². The summed E-state index contributed by atoms with van der Waals surface area (Å²) in [5.74, 6) is -9.37. The number of hydrogen-bond acceptors (Lipinski definition) is 15. The minimum atomic E-state index is -1.84. The van der Waals surface area contributed by atoms with Crippen LogP contribution in [0.4, 0.5) is 0 Å². The van der Waals surface area contributed by atoms with Crippen molar-refractivity contribution in [2.75, 3.05) is 39.3 Å². The van der Waals surface area contributed by atoms with E-state index >= 15 is 19.2 Å². The number of aliphatic hydroxyl groups is 1. The summed E-state index contributed by atoms with van der Waals surface area (Å²) in [5, 5.41) is 70.8. The molecule has 592 valence electrons. The fourth-order valence-corrected chi connectivity index (χ4v) is 13.1. The van der Waals surface area contributed by atoms with Gasteiger partial charge >= 0.3 is 0 Å². The lowest BCUT2D eigenvalue weighted by atomic mass is 9.99. The van der Waals surface area contributed by atoms with Gasteiger partial charge in [0, 0.05) is 87.5 Å². The number of unbranched alkanes of at least 4 members (excludes halogenated alkanes) is 1. The first-order chi connectivity index (χ1) is 52.5. The summed E-state index contributed by atoms with van der Waals surface area (Å²) in [6.45, 7) is 10.7. The van der Waals surface area contributed by atoms with Gasteiger partial charge in [0.2, 0.25) is 65.0 Å². The lowest BCUT2D eigenvalue weighted by Crippen LogP contribution is -2.61. The zero-order valence-electron chi connectivity index (χ0n) is 62.9. The monoisotopic (exact) mass is 1540 g/mol. The Morgan fingerprint density at radius 3 is 1.67 bits per heavy atom. The van der Waals surface area contributed by atoms with Crippen molar-refractivity contribution >= 4 is 110 Å². The number of phenolic OH excluding ortho intramolecular Hbond substituents is 1. The molecule has 10 atom stereocenters. The first-order valence-corrected chi connectivity index (χ1v) is 37.5. The van der Waals surface area contributed by atoms with E-state index in [1.165, 1.54) is 43.0 Å². The topological polar surface area (TPSA) is 483 Å². The molecule has 1 fully saturated rings. The van der Waals surface area contributed by atoms with Crippen LogP contribution in [0.1, 0.15) is 115 Å². The predicted octanol–water partition coefficient (Wildman–Crippen LogP) is 2.17. The summed E-state index contributed by atoms with van der Waals surface area (Å²) in [7, 11) is 0. The fraction of sp³-hybridized carbons (Fsp3) is 0.449. The number of rotatable bonds is 41. The van der Waals surface area contributed by atoms with Gasteiger partial charge in [0.05, 0.1) is 6.61 Å². The summed E-state index contributed by atoms with van der Waals surface area (Å²) in [6.07, 6.45) is 2.40. The molecule has 20 N–H and O–H groups in total. The van der Waals surface area contributed by atoms with Crippen molar-refractivity contribution < 1.29 is 63.0 Å². The highest BCUT2D eigenvalue weighted by molar-refractivity contribution is 6.30. The zero-order chi connectivity index (χ0) is 80.1. The molecule has 7 rings (SSSR count). The molecule has 6 aromatic rings. The smallest absolute Gasteiger partial charge is 0.245 e. The number of hydrogen-bond donors (Lipinski definition) is 18. The van der Waals surface area contributed by atoms with E-state index in [0.717, 1.165) is 10.8 Å². The van der Waals surface area contributed by atoms with E-state index in [1.54, 1.807) is 73.5 Å². The van der Waals surface area contributed by atoms with Crippen LogP contribution in [0.5, 0.6) is 5.75 Å². The second kappa shape index (κ2) is 42.4. The number of fused-ring (bicyclic) bond motifs is 2. The number of phenols is 1. The van der Waals surface area contributed by atoms with E-state index in [2.05, 4.69) is 63.5 Å². The van der Waals surface area contributed by atoms with Crippen LogP contribution in [0.15, 0.2) is 121 Å². The number of likely N-dealkylation sites (tertiary alicyclic amines) is 1. The summed E-state index contributed by atoms with van der Waals surface area (Å²) in [4.78, 5) is 164. The number of benzene rings is 5. The number of nitrogens with zero attached hydrogens (tertiary/aromatic N) is 2. The van der Waals surface area contributed by atoms with Gasteiger partial charge in [-0.3, -0.25) is 63.6 Å². The van der Waals surface area contributed by atoms with Crippen molar-refractivity contribution in [3.8, 4) is 5.75 Å². The Morgan fingerprint density at radius 2 is 1.07 bits per heavy atom. The number of H-pyrrole nitrogens is 1. The van der Waals surface area contributed by atoms with Crippen molar-refractivity contribution in [2.45, 2.75) is 179 Å². The molecule has 1 aliphatic heterocycles. The van der Waals surface area contributed by atoms with Crippen molar-refractivity contribution in [2.24, 2.45) is 17.4 Å². The summed E-state index contributed by atoms with van der Waals surface area (Å²) in [6, 6.07) is 18.9. The van der Waals surface area contributed by atoms with Crippen LogP contribution in [0.2, 0.25) is 5.02 Å². The molecule has 0 bridgehead atoms. The highest BCUT2D eigenvalue weighted by Gasteiger charge is 2.40. The Balaban J connectivity index is 1.17. The minimum absolute atomic E-state index is 0.0104. The lowest BCUT2D eigenvalue weighted by Gasteiger charge is -2.31. The number of primary amides is 1. The van der Waals surface area contributed by atoms with E-state index < -0.39 is 132 Å². The molecule has 0 aliphatic carbocycles. The van der Waals surface area contributed by atoms with E-state index in [1.807, 2.05) is 56.3 Å². The maximum Gasteiger partial charge on any atom is 0.245 e. The molecule has 0 radical (unpaired) electrons. The van der Waals surface area contributed by atoms with Crippen LogP contribution in [-0.2, 0) is 78.4 Å². The summed E-state index contributed by atoms with van der Waals surface area (Å²) in [5.41, 5.74) is 13.9. The molecule has 0 spiro atoms. The molecule has 1 aromatic heterocycles. The van der Waals surface area contributed by atoms with Gasteiger partial charge in [0.25, 0.3) is 0 Å². The van der Waals surface area contributed by atoms with Crippen LogP contribution < -0.4 is 70.0 Å². The molecule has 1 aliphatic rings. The van der Waals surface area contributed by atoms with Gasteiger partial charge < -0.3 is 94.9 Å². The van der Waals surface area contributed by atoms with Gasteiger partial charge in [0.1, 0.15) is 66.2 Å². The van der Waals surface area contributed by atoms with Crippen molar-refractivity contribution in [3.63, 3.8) is 0 Å². The lowest BCUT2D eigenvalue weighted by molar-refractivity contribution is -0.142. The maximum absolute atomic E-state index is 15.2. The number of aromatic hydroxyl groups is 1. The first-order valence-electron chi connectivity index (χ1n) is 37.2. The number of aromatic amines is 1. The molecule has 31 nitrogen and oxygen atoms in total. The third-order valence-electron chi connectivity index (χ3n) is 19.0. The molecule has 1 saturated heterocycles. The molecule has 2 heterocycles. The van der Waals surface area contributed by atoms with Crippen LogP contribution in [0.3, 0.4) is 0 Å². The fourth-order valence-electron chi connectivity index (χ4n) is 13.0. The summed E-state index contributed by atoms with van der Waals surface area (Å²) < 4.78 is 0. The number of carbonyl (C=O) groups excluding carboxylic acids is 11. The third-order valence-corrected chi connectivity index (χ3v) is 19.2. The number of carbonyl (C=O) groups is 11. The molecular weight excluding hydrogens is 1430 g/mol. The molecule has 32 heteroatoms.